The van der Waals surface area contributed by atoms with Crippen LogP contribution in [0.4, 0.5) is 10.3 Å². The van der Waals surface area contributed by atoms with Crippen molar-refractivity contribution in [3.63, 3.8) is 0 Å². The van der Waals surface area contributed by atoms with Gasteiger partial charge in [0, 0.05) is 38.1 Å². The zero-order valence-electron chi connectivity index (χ0n) is 20.7. The Hall–Kier alpha value is -3.23. The summed E-state index contributed by atoms with van der Waals surface area (Å²) in [4.78, 5) is 36.3. The van der Waals surface area contributed by atoms with Gasteiger partial charge in [-0.1, -0.05) is 6.07 Å². The van der Waals surface area contributed by atoms with Crippen LogP contribution >= 0.6 is 0 Å². The molecule has 3 aliphatic rings. The maximum Gasteiger partial charge on any atom is 0.240 e. The number of aromatic nitrogens is 2. The molecule has 2 aromatic rings. The van der Waals surface area contributed by atoms with E-state index in [4.69, 9.17) is 10.5 Å². The molecule has 2 aliphatic heterocycles. The first-order chi connectivity index (χ1) is 17.4. The SMILES string of the molecule is Cc1cnc(N2CCC([C@H]3C[C@H]3CCOc3ccc(CC(=O)N4CCC4C(N)=O)c(F)c3)CC2)nc1. The highest BCUT2D eigenvalue weighted by Crippen LogP contribution is 2.49. The van der Waals surface area contributed by atoms with Crippen molar-refractivity contribution in [3.05, 3.63) is 47.5 Å². The van der Waals surface area contributed by atoms with Crippen LogP contribution in [0.1, 0.15) is 43.2 Å². The summed E-state index contributed by atoms with van der Waals surface area (Å²) in [5.74, 6) is 2.22. The summed E-state index contributed by atoms with van der Waals surface area (Å²) >= 11 is 0. The van der Waals surface area contributed by atoms with Crippen LogP contribution in [0.25, 0.3) is 0 Å². The number of nitrogens with two attached hydrogens (primary N) is 1. The first-order valence-corrected chi connectivity index (χ1v) is 12.9. The molecule has 36 heavy (non-hydrogen) atoms. The largest absolute Gasteiger partial charge is 0.493 e. The van der Waals surface area contributed by atoms with Crippen LogP contribution in [0.15, 0.2) is 30.6 Å². The van der Waals surface area contributed by atoms with Gasteiger partial charge < -0.3 is 20.3 Å². The van der Waals surface area contributed by atoms with E-state index in [1.165, 1.54) is 30.2 Å². The van der Waals surface area contributed by atoms with E-state index in [2.05, 4.69) is 14.9 Å². The fourth-order valence-corrected chi connectivity index (χ4v) is 5.59. The molecule has 5 rings (SSSR count). The second-order valence-corrected chi connectivity index (χ2v) is 10.4. The average Bonchev–Trinajstić information content (AvgIpc) is 3.60. The van der Waals surface area contributed by atoms with Crippen molar-refractivity contribution < 1.29 is 18.7 Å². The Kier molecular flexibility index (Phi) is 7.07. The van der Waals surface area contributed by atoms with E-state index in [1.54, 1.807) is 12.1 Å². The Morgan fingerprint density at radius 1 is 1.14 bits per heavy atom. The van der Waals surface area contributed by atoms with Crippen LogP contribution in [0.5, 0.6) is 5.75 Å². The number of carbonyl (C=O) groups excluding carboxylic acids is 2. The minimum absolute atomic E-state index is 0.0888. The van der Waals surface area contributed by atoms with Crippen molar-refractivity contribution >= 4 is 17.8 Å². The smallest absolute Gasteiger partial charge is 0.240 e. The molecule has 3 atom stereocenters. The Bertz CT molecular complexity index is 1100. The maximum atomic E-state index is 14.6. The van der Waals surface area contributed by atoms with Gasteiger partial charge >= 0.3 is 0 Å². The fourth-order valence-electron chi connectivity index (χ4n) is 5.59. The molecule has 1 aliphatic carbocycles. The standard InChI is InChI=1S/C27H34FN5O3/c1-17-15-30-27(31-16-17)32-8-4-18(5-9-32)22-12-19(22)7-11-36-21-3-2-20(23(28)14-21)13-25(34)33-10-6-24(33)26(29)35/h2-3,14-16,18-19,22,24H,4-13H2,1H3,(H2,29,35)/t19-,22-,24?/m1/s1. The van der Waals surface area contributed by atoms with Gasteiger partial charge in [0.05, 0.1) is 13.0 Å². The second kappa shape index (κ2) is 10.4. The van der Waals surface area contributed by atoms with Gasteiger partial charge in [0.2, 0.25) is 17.8 Å². The van der Waals surface area contributed by atoms with Crippen molar-refractivity contribution in [1.82, 2.24) is 14.9 Å². The van der Waals surface area contributed by atoms with E-state index < -0.39 is 17.8 Å². The van der Waals surface area contributed by atoms with Crippen molar-refractivity contribution in [1.29, 1.82) is 0 Å². The van der Waals surface area contributed by atoms with Crippen molar-refractivity contribution in [2.45, 2.75) is 51.5 Å². The molecular weight excluding hydrogens is 461 g/mol. The number of ether oxygens (including phenoxy) is 1. The molecule has 2 saturated heterocycles. The van der Waals surface area contributed by atoms with Crippen LogP contribution < -0.4 is 15.4 Å². The summed E-state index contributed by atoms with van der Waals surface area (Å²) in [6.07, 6.45) is 8.78. The average molecular weight is 496 g/mol. The molecule has 8 nitrogen and oxygen atoms in total. The number of amides is 2. The predicted octanol–water partition coefficient (Wildman–Crippen LogP) is 2.87. The van der Waals surface area contributed by atoms with Crippen LogP contribution in [-0.2, 0) is 16.0 Å². The molecular formula is C27H34FN5O3. The van der Waals surface area contributed by atoms with Gasteiger partial charge in [-0.15, -0.1) is 0 Å². The van der Waals surface area contributed by atoms with E-state index in [-0.39, 0.29) is 12.3 Å². The summed E-state index contributed by atoms with van der Waals surface area (Å²) in [6.45, 7) is 5.05. The molecule has 0 bridgehead atoms. The lowest BCUT2D eigenvalue weighted by Gasteiger charge is -2.38. The number of hydrogen-bond acceptors (Lipinski definition) is 6. The highest BCUT2D eigenvalue weighted by atomic mass is 19.1. The van der Waals surface area contributed by atoms with Gasteiger partial charge in [-0.05, 0) is 74.0 Å². The zero-order chi connectivity index (χ0) is 25.2. The van der Waals surface area contributed by atoms with Crippen LogP contribution in [0, 0.1) is 30.5 Å². The van der Waals surface area contributed by atoms with Crippen molar-refractivity contribution in [2.75, 3.05) is 31.1 Å². The van der Waals surface area contributed by atoms with Gasteiger partial charge in [-0.3, -0.25) is 9.59 Å². The first kappa shape index (κ1) is 24.5. The Morgan fingerprint density at radius 3 is 2.53 bits per heavy atom. The fraction of sp³-hybridized carbons (Fsp3) is 0.556. The Labute approximate surface area is 211 Å². The Balaban J connectivity index is 1.02. The van der Waals surface area contributed by atoms with Crippen LogP contribution in [0.2, 0.25) is 0 Å². The predicted molar refractivity (Wildman–Crippen MR) is 133 cm³/mol. The minimum Gasteiger partial charge on any atom is -0.493 e. The number of piperidine rings is 1. The molecule has 2 N–H and O–H groups in total. The third-order valence-corrected chi connectivity index (χ3v) is 7.96. The number of primary amides is 1. The van der Waals surface area contributed by atoms with Crippen LogP contribution in [-0.4, -0.2) is 59.0 Å². The number of carbonyl (C=O) groups is 2. The zero-order valence-corrected chi connectivity index (χ0v) is 20.7. The normalized spacial score (nSPS) is 23.8. The third-order valence-electron chi connectivity index (χ3n) is 7.96. The quantitative estimate of drug-likeness (QED) is 0.574. The van der Waals surface area contributed by atoms with E-state index in [1.807, 2.05) is 19.3 Å². The lowest BCUT2D eigenvalue weighted by atomic mass is 9.90. The molecule has 1 unspecified atom stereocenters. The molecule has 3 fully saturated rings. The number of rotatable bonds is 9. The van der Waals surface area contributed by atoms with Gasteiger partial charge in [-0.25, -0.2) is 14.4 Å². The monoisotopic (exact) mass is 495 g/mol. The number of anilines is 1. The van der Waals surface area contributed by atoms with E-state index in [9.17, 15) is 14.0 Å². The molecule has 9 heteroatoms. The lowest BCUT2D eigenvalue weighted by Crippen LogP contribution is -2.57. The number of benzene rings is 1. The summed E-state index contributed by atoms with van der Waals surface area (Å²) in [5, 5.41) is 0. The summed E-state index contributed by atoms with van der Waals surface area (Å²) in [7, 11) is 0. The molecule has 0 spiro atoms. The Morgan fingerprint density at radius 2 is 1.89 bits per heavy atom. The van der Waals surface area contributed by atoms with Crippen LogP contribution in [0.3, 0.4) is 0 Å². The molecule has 1 aromatic heterocycles. The summed E-state index contributed by atoms with van der Waals surface area (Å²) < 4.78 is 20.4. The number of aryl methyl sites for hydroxylation is 1. The van der Waals surface area contributed by atoms with Gasteiger partial charge in [-0.2, -0.15) is 0 Å². The minimum atomic E-state index is -0.566. The van der Waals surface area contributed by atoms with Crippen molar-refractivity contribution in [2.24, 2.45) is 23.5 Å². The molecule has 3 heterocycles. The molecule has 2 amide bonds. The van der Waals surface area contributed by atoms with Gasteiger partial charge in [0.15, 0.2) is 0 Å². The number of likely N-dealkylation sites (tertiary alicyclic amines) is 1. The number of halogens is 1. The second-order valence-electron chi connectivity index (χ2n) is 10.4. The van der Waals surface area contributed by atoms with E-state index in [0.717, 1.165) is 42.9 Å². The lowest BCUT2D eigenvalue weighted by molar-refractivity contribution is -0.145. The highest BCUT2D eigenvalue weighted by molar-refractivity contribution is 5.89. The first-order valence-electron chi connectivity index (χ1n) is 12.9. The molecule has 1 aromatic carbocycles. The third kappa shape index (κ3) is 5.44. The highest BCUT2D eigenvalue weighted by Gasteiger charge is 2.43. The topological polar surface area (TPSA) is 102 Å². The number of hydrogen-bond donors (Lipinski definition) is 1. The van der Waals surface area contributed by atoms with E-state index >= 15 is 0 Å². The summed E-state index contributed by atoms with van der Waals surface area (Å²) in [6, 6.07) is 4.08. The van der Waals surface area contributed by atoms with Gasteiger partial charge in [0.1, 0.15) is 17.6 Å². The maximum absolute atomic E-state index is 14.6. The van der Waals surface area contributed by atoms with Crippen molar-refractivity contribution in [3.8, 4) is 5.75 Å². The van der Waals surface area contributed by atoms with E-state index in [0.29, 0.717) is 36.8 Å². The number of nitrogens with zero attached hydrogens (tertiary/aromatic N) is 4. The van der Waals surface area contributed by atoms with Gasteiger partial charge in [0.25, 0.3) is 0 Å². The molecule has 0 radical (unpaired) electrons. The molecule has 192 valence electrons. The summed E-state index contributed by atoms with van der Waals surface area (Å²) in [5.41, 5.74) is 6.67. The molecule has 1 saturated carbocycles.